The third-order valence-corrected chi connectivity index (χ3v) is 4.77. The van der Waals surface area contributed by atoms with E-state index in [0.29, 0.717) is 18.5 Å². The van der Waals surface area contributed by atoms with Crippen molar-refractivity contribution in [2.75, 3.05) is 25.0 Å². The van der Waals surface area contributed by atoms with Crippen molar-refractivity contribution >= 4 is 23.3 Å². The molecule has 0 unspecified atom stereocenters. The lowest BCUT2D eigenvalue weighted by Crippen LogP contribution is -2.42. The van der Waals surface area contributed by atoms with E-state index in [2.05, 4.69) is 19.7 Å². The summed E-state index contributed by atoms with van der Waals surface area (Å²) in [4.78, 5) is 22.7. The molecule has 1 aliphatic rings. The zero-order valence-electron chi connectivity index (χ0n) is 13.9. The van der Waals surface area contributed by atoms with Crippen LogP contribution in [0.5, 0.6) is 5.88 Å². The Hall–Kier alpha value is -2.22. The van der Waals surface area contributed by atoms with E-state index in [1.54, 1.807) is 6.07 Å². The number of hydrogen-bond acceptors (Lipinski definition) is 7. The number of hydrogen-bond donors (Lipinski definition) is 1. The fraction of sp³-hybridized carbons (Fsp3) is 0.500. The lowest BCUT2D eigenvalue weighted by atomic mass is 10.0. The molecule has 2 aromatic heterocycles. The van der Waals surface area contributed by atoms with Gasteiger partial charge >= 0.3 is 0 Å². The maximum atomic E-state index is 12.5. The van der Waals surface area contributed by atoms with E-state index in [1.165, 1.54) is 17.9 Å². The van der Waals surface area contributed by atoms with E-state index in [1.807, 2.05) is 24.1 Å². The standard InChI is InChI=1S/C16H21N5O2S/c1-3-23-15-8-14(17-10-18-15)19-12-4-6-21(7-5-12)16(22)13-9-24-20-11(13)2/h8-10,12H,3-7H2,1-2H3,(H,17,18,19). The van der Waals surface area contributed by atoms with Crippen molar-refractivity contribution in [2.24, 2.45) is 0 Å². The number of ether oxygens (including phenoxy) is 1. The number of likely N-dealkylation sites (tertiary alicyclic amines) is 1. The Morgan fingerprint density at radius 3 is 2.88 bits per heavy atom. The molecule has 0 aromatic carbocycles. The van der Waals surface area contributed by atoms with Crippen LogP contribution in [0.3, 0.4) is 0 Å². The topological polar surface area (TPSA) is 80.2 Å². The summed E-state index contributed by atoms with van der Waals surface area (Å²) in [6.45, 7) is 5.84. The quantitative estimate of drug-likeness (QED) is 0.894. The molecule has 24 heavy (non-hydrogen) atoms. The van der Waals surface area contributed by atoms with Gasteiger partial charge in [-0.3, -0.25) is 4.79 Å². The van der Waals surface area contributed by atoms with Gasteiger partial charge in [0.15, 0.2) is 0 Å². The second kappa shape index (κ2) is 7.57. The lowest BCUT2D eigenvalue weighted by Gasteiger charge is -2.32. The lowest BCUT2D eigenvalue weighted by molar-refractivity contribution is 0.0718. The molecular formula is C16H21N5O2S. The highest BCUT2D eigenvalue weighted by atomic mass is 32.1. The van der Waals surface area contributed by atoms with Gasteiger partial charge in [-0.1, -0.05) is 0 Å². The molecule has 0 bridgehead atoms. The van der Waals surface area contributed by atoms with Crippen molar-refractivity contribution in [3.63, 3.8) is 0 Å². The number of carbonyl (C=O) groups is 1. The van der Waals surface area contributed by atoms with Crippen LogP contribution in [0.25, 0.3) is 0 Å². The highest BCUT2D eigenvalue weighted by Crippen LogP contribution is 2.20. The number of piperidine rings is 1. The van der Waals surface area contributed by atoms with Crippen molar-refractivity contribution in [1.29, 1.82) is 0 Å². The molecule has 8 heteroatoms. The molecule has 7 nitrogen and oxygen atoms in total. The van der Waals surface area contributed by atoms with E-state index in [9.17, 15) is 4.79 Å². The number of amides is 1. The predicted octanol–water partition coefficient (Wildman–Crippen LogP) is 2.36. The monoisotopic (exact) mass is 347 g/mol. The van der Waals surface area contributed by atoms with Crippen molar-refractivity contribution in [1.82, 2.24) is 19.2 Å². The average molecular weight is 347 g/mol. The molecule has 2 aromatic rings. The van der Waals surface area contributed by atoms with Crippen LogP contribution in [0.4, 0.5) is 5.82 Å². The fourth-order valence-electron chi connectivity index (χ4n) is 2.75. The van der Waals surface area contributed by atoms with Crippen molar-refractivity contribution in [2.45, 2.75) is 32.7 Å². The van der Waals surface area contributed by atoms with Gasteiger partial charge in [0.2, 0.25) is 5.88 Å². The Bertz CT molecular complexity index is 697. The number of aryl methyl sites for hydroxylation is 1. The molecule has 1 N–H and O–H groups in total. The third kappa shape index (κ3) is 3.81. The molecule has 0 atom stereocenters. The Morgan fingerprint density at radius 2 is 2.21 bits per heavy atom. The van der Waals surface area contributed by atoms with Gasteiger partial charge < -0.3 is 15.0 Å². The second-order valence-corrected chi connectivity index (χ2v) is 6.33. The average Bonchev–Trinajstić information content (AvgIpc) is 3.02. The molecule has 128 valence electrons. The smallest absolute Gasteiger partial charge is 0.256 e. The summed E-state index contributed by atoms with van der Waals surface area (Å²) in [6, 6.07) is 2.10. The SMILES string of the molecule is CCOc1cc(NC2CCN(C(=O)c3csnc3C)CC2)ncn1. The normalized spacial score (nSPS) is 15.3. The molecule has 1 fully saturated rings. The van der Waals surface area contributed by atoms with Crippen molar-refractivity contribution in [3.05, 3.63) is 29.0 Å². The molecule has 0 spiro atoms. The molecule has 0 saturated carbocycles. The van der Waals surface area contributed by atoms with Crippen LogP contribution in [0.1, 0.15) is 35.8 Å². The van der Waals surface area contributed by atoms with Crippen LogP contribution >= 0.6 is 11.5 Å². The van der Waals surface area contributed by atoms with Crippen LogP contribution in [0.15, 0.2) is 17.8 Å². The van der Waals surface area contributed by atoms with Gasteiger partial charge in [0.25, 0.3) is 5.91 Å². The van der Waals surface area contributed by atoms with Gasteiger partial charge in [0.1, 0.15) is 12.1 Å². The van der Waals surface area contributed by atoms with Crippen LogP contribution < -0.4 is 10.1 Å². The molecule has 3 rings (SSSR count). The molecule has 3 heterocycles. The Kier molecular flexibility index (Phi) is 5.24. The molecule has 1 aliphatic heterocycles. The number of anilines is 1. The summed E-state index contributed by atoms with van der Waals surface area (Å²) in [5.41, 5.74) is 1.54. The van der Waals surface area contributed by atoms with Gasteiger partial charge in [-0.15, -0.1) is 0 Å². The summed E-state index contributed by atoms with van der Waals surface area (Å²) in [6.07, 6.45) is 3.27. The minimum atomic E-state index is 0.0837. The summed E-state index contributed by atoms with van der Waals surface area (Å²) in [5.74, 6) is 1.42. The highest BCUT2D eigenvalue weighted by Gasteiger charge is 2.25. The van der Waals surface area contributed by atoms with Crippen LogP contribution in [0, 0.1) is 6.92 Å². The maximum Gasteiger partial charge on any atom is 0.256 e. The Balaban J connectivity index is 1.54. The summed E-state index contributed by atoms with van der Waals surface area (Å²) >= 11 is 1.33. The Morgan fingerprint density at radius 1 is 1.42 bits per heavy atom. The number of nitrogens with one attached hydrogen (secondary N) is 1. The van der Waals surface area contributed by atoms with Crippen LogP contribution in [-0.4, -0.2) is 50.9 Å². The minimum absolute atomic E-state index is 0.0837. The van der Waals surface area contributed by atoms with Gasteiger partial charge in [0.05, 0.1) is 17.9 Å². The van der Waals surface area contributed by atoms with Gasteiger partial charge in [-0.2, -0.15) is 4.37 Å². The molecule has 0 radical (unpaired) electrons. The van der Waals surface area contributed by atoms with E-state index < -0.39 is 0 Å². The highest BCUT2D eigenvalue weighted by molar-refractivity contribution is 7.03. The number of rotatable bonds is 5. The fourth-order valence-corrected chi connectivity index (χ4v) is 3.44. The molecule has 0 aliphatic carbocycles. The molecule has 1 saturated heterocycles. The van der Waals surface area contributed by atoms with Crippen molar-refractivity contribution < 1.29 is 9.53 Å². The summed E-state index contributed by atoms with van der Waals surface area (Å²) in [7, 11) is 0. The maximum absolute atomic E-state index is 12.5. The first-order chi connectivity index (χ1) is 11.7. The van der Waals surface area contributed by atoms with E-state index in [-0.39, 0.29) is 5.91 Å². The van der Waals surface area contributed by atoms with Gasteiger partial charge in [-0.05, 0) is 38.2 Å². The van der Waals surface area contributed by atoms with Crippen LogP contribution in [0.2, 0.25) is 0 Å². The van der Waals surface area contributed by atoms with E-state index >= 15 is 0 Å². The first-order valence-electron chi connectivity index (χ1n) is 8.09. The number of carbonyl (C=O) groups excluding carboxylic acids is 1. The Labute approximate surface area is 145 Å². The minimum Gasteiger partial charge on any atom is -0.478 e. The first-order valence-corrected chi connectivity index (χ1v) is 8.92. The van der Waals surface area contributed by atoms with E-state index in [0.717, 1.165) is 43.0 Å². The number of aromatic nitrogens is 3. The van der Waals surface area contributed by atoms with Crippen LogP contribution in [-0.2, 0) is 0 Å². The summed E-state index contributed by atoms with van der Waals surface area (Å²) in [5, 5.41) is 5.24. The second-order valence-electron chi connectivity index (χ2n) is 5.70. The zero-order valence-corrected chi connectivity index (χ0v) is 14.7. The largest absolute Gasteiger partial charge is 0.478 e. The number of nitrogens with zero attached hydrogens (tertiary/aromatic N) is 4. The van der Waals surface area contributed by atoms with Gasteiger partial charge in [0, 0.05) is 30.6 Å². The van der Waals surface area contributed by atoms with Gasteiger partial charge in [-0.25, -0.2) is 9.97 Å². The first kappa shape index (κ1) is 16.6. The van der Waals surface area contributed by atoms with Crippen molar-refractivity contribution in [3.8, 4) is 5.88 Å². The predicted molar refractivity (Wildman–Crippen MR) is 92.6 cm³/mol. The molecular weight excluding hydrogens is 326 g/mol. The third-order valence-electron chi connectivity index (χ3n) is 4.05. The van der Waals surface area contributed by atoms with E-state index in [4.69, 9.17) is 4.74 Å². The summed E-state index contributed by atoms with van der Waals surface area (Å²) < 4.78 is 9.57. The zero-order chi connectivity index (χ0) is 16.9. The molecule has 1 amide bonds.